The molecule has 3 aromatic rings. The van der Waals surface area contributed by atoms with Crippen molar-refractivity contribution in [3.63, 3.8) is 0 Å². The van der Waals surface area contributed by atoms with Gasteiger partial charge in [-0.2, -0.15) is 0 Å². The van der Waals surface area contributed by atoms with Gasteiger partial charge in [0.2, 0.25) is 5.91 Å². The van der Waals surface area contributed by atoms with Gasteiger partial charge in [0.15, 0.2) is 5.54 Å². The van der Waals surface area contributed by atoms with E-state index in [-0.39, 0.29) is 17.7 Å². The van der Waals surface area contributed by atoms with E-state index in [0.29, 0.717) is 23.2 Å². The van der Waals surface area contributed by atoms with E-state index in [1.54, 1.807) is 36.4 Å². The summed E-state index contributed by atoms with van der Waals surface area (Å²) in [5.41, 5.74) is 2.14. The van der Waals surface area contributed by atoms with Crippen LogP contribution in [0.5, 0.6) is 5.75 Å². The van der Waals surface area contributed by atoms with E-state index in [1.165, 1.54) is 11.8 Å². The third-order valence-corrected chi connectivity index (χ3v) is 9.87. The number of pyridine rings is 1. The number of carbonyl (C=O) groups excluding carboxylic acids is 2. The molecule has 1 aromatic heterocycles. The fraction of sp³-hybridized carbons (Fsp3) is 0.286. The van der Waals surface area contributed by atoms with Gasteiger partial charge in [-0.15, -0.1) is 0 Å². The van der Waals surface area contributed by atoms with Crippen LogP contribution in [0.25, 0.3) is 0 Å². The average Bonchev–Trinajstić information content (AvgIpc) is 3.43. The van der Waals surface area contributed by atoms with Crippen molar-refractivity contribution in [1.82, 2.24) is 14.8 Å². The van der Waals surface area contributed by atoms with Crippen LogP contribution in [0.1, 0.15) is 22.6 Å². The molecule has 4 heterocycles. The van der Waals surface area contributed by atoms with Gasteiger partial charge in [0, 0.05) is 43.2 Å². The van der Waals surface area contributed by atoms with Crippen LogP contribution in [0.4, 0.5) is 5.69 Å². The molecule has 188 valence electrons. The number of hydrogen-bond donors (Lipinski definition) is 0. The van der Waals surface area contributed by atoms with Gasteiger partial charge in [-0.1, -0.05) is 60.4 Å². The second-order valence-corrected chi connectivity index (χ2v) is 11.5. The molecule has 2 fully saturated rings. The Hall–Kier alpha value is -3.27. The molecule has 3 aliphatic rings. The van der Waals surface area contributed by atoms with Crippen LogP contribution in [0, 0.1) is 0 Å². The first-order valence-electron chi connectivity index (χ1n) is 12.0. The van der Waals surface area contributed by atoms with Gasteiger partial charge in [0.1, 0.15) is 14.8 Å². The van der Waals surface area contributed by atoms with Crippen LogP contribution in [0.3, 0.4) is 0 Å². The lowest BCUT2D eigenvalue weighted by molar-refractivity contribution is -0.139. The number of amides is 2. The maximum Gasteiger partial charge on any atom is 0.254 e. The molecule has 6 rings (SSSR count). The van der Waals surface area contributed by atoms with Crippen LogP contribution >= 0.6 is 24.0 Å². The molecule has 37 heavy (non-hydrogen) atoms. The van der Waals surface area contributed by atoms with Crippen molar-refractivity contribution >= 4 is 45.8 Å². The molecule has 3 atom stereocenters. The van der Waals surface area contributed by atoms with Crippen molar-refractivity contribution in [3.05, 3.63) is 89.7 Å². The van der Waals surface area contributed by atoms with E-state index in [0.717, 1.165) is 22.4 Å². The Bertz CT molecular complexity index is 1420. The first-order valence-corrected chi connectivity index (χ1v) is 13.3. The number of ether oxygens (including phenoxy) is 1. The van der Waals surface area contributed by atoms with E-state index >= 15 is 0 Å². The lowest BCUT2D eigenvalue weighted by Crippen LogP contribution is -2.62. The average molecular weight is 531 g/mol. The number of anilines is 1. The molecule has 9 heteroatoms. The standard InChI is InChI=1S/C28H26N4O3S2/c1-30-17-22(19-10-7-13-29-15-19)28(25(34)32(26(36)37-28)16-18-8-5-4-6-9-18)27(30)21-14-20(35-3)11-12-23(21)31(2)24(27)33/h4-15,22H,16-17H2,1-3H3/t22-,27-,28+/m1/s1. The molecule has 0 unspecified atom stereocenters. The molecule has 2 amide bonds. The second-order valence-electron chi connectivity index (χ2n) is 9.66. The lowest BCUT2D eigenvalue weighted by atomic mass is 9.72. The SMILES string of the molecule is COc1ccc2c(c1)[C@]1(C(=O)N2C)N(C)C[C@H](c2cccnc2)[C@@]12SC(=S)N(Cc1ccccc1)C2=O. The van der Waals surface area contributed by atoms with Crippen LogP contribution in [0.2, 0.25) is 0 Å². The maximum absolute atomic E-state index is 14.8. The fourth-order valence-corrected chi connectivity index (χ4v) is 8.41. The largest absolute Gasteiger partial charge is 0.497 e. The summed E-state index contributed by atoms with van der Waals surface area (Å²) in [7, 11) is 5.30. The van der Waals surface area contributed by atoms with Gasteiger partial charge >= 0.3 is 0 Å². The first kappa shape index (κ1) is 24.1. The smallest absolute Gasteiger partial charge is 0.254 e. The number of thioether (sulfide) groups is 1. The van der Waals surface area contributed by atoms with Crippen LogP contribution in [-0.4, -0.2) is 63.4 Å². The van der Waals surface area contributed by atoms with Gasteiger partial charge in [-0.05, 0) is 42.4 Å². The Morgan fingerprint density at radius 3 is 2.57 bits per heavy atom. The third kappa shape index (κ3) is 3.11. The Labute approximate surface area is 225 Å². The minimum atomic E-state index is -1.27. The summed E-state index contributed by atoms with van der Waals surface area (Å²) in [5.74, 6) is 0.0162. The highest BCUT2D eigenvalue weighted by atomic mass is 32.2. The highest BCUT2D eigenvalue weighted by molar-refractivity contribution is 8.25. The zero-order chi connectivity index (χ0) is 25.9. The number of benzene rings is 2. The quantitative estimate of drug-likeness (QED) is 0.476. The number of hydrogen-bond acceptors (Lipinski definition) is 7. The van der Waals surface area contributed by atoms with Crippen molar-refractivity contribution in [3.8, 4) is 5.75 Å². The molecule has 2 spiro atoms. The molecule has 0 N–H and O–H groups in total. The van der Waals surface area contributed by atoms with E-state index < -0.39 is 10.3 Å². The number of likely N-dealkylation sites (tertiary alicyclic amines) is 1. The van der Waals surface area contributed by atoms with Crippen molar-refractivity contribution in [2.24, 2.45) is 0 Å². The Kier molecular flexibility index (Phi) is 5.63. The summed E-state index contributed by atoms with van der Waals surface area (Å²) in [6.45, 7) is 0.838. The number of carbonyl (C=O) groups is 2. The number of likely N-dealkylation sites (N-methyl/N-ethyl adjacent to an activating group) is 2. The van der Waals surface area contributed by atoms with Gasteiger partial charge in [0.25, 0.3) is 5.91 Å². The summed E-state index contributed by atoms with van der Waals surface area (Å²) >= 11 is 7.23. The molecular weight excluding hydrogens is 504 g/mol. The summed E-state index contributed by atoms with van der Waals surface area (Å²) in [4.78, 5) is 39.0. The molecule has 0 bridgehead atoms. The molecule has 0 saturated carbocycles. The molecule has 7 nitrogen and oxygen atoms in total. The molecular formula is C28H26N4O3S2. The molecule has 0 radical (unpaired) electrons. The molecule has 2 saturated heterocycles. The summed E-state index contributed by atoms with van der Waals surface area (Å²) in [6, 6.07) is 19.3. The lowest BCUT2D eigenvalue weighted by Gasteiger charge is -2.42. The first-order chi connectivity index (χ1) is 17.9. The highest BCUT2D eigenvalue weighted by Crippen LogP contribution is 2.66. The topological polar surface area (TPSA) is 66.0 Å². The predicted molar refractivity (Wildman–Crippen MR) is 148 cm³/mol. The molecule has 0 aliphatic carbocycles. The third-order valence-electron chi connectivity index (χ3n) is 7.93. The minimum Gasteiger partial charge on any atom is -0.497 e. The van der Waals surface area contributed by atoms with Gasteiger partial charge in [-0.25, -0.2) is 0 Å². The van der Waals surface area contributed by atoms with Crippen LogP contribution in [-0.2, 0) is 21.7 Å². The van der Waals surface area contributed by atoms with Gasteiger partial charge in [0.05, 0.1) is 13.7 Å². The van der Waals surface area contributed by atoms with Crippen molar-refractivity contribution in [2.45, 2.75) is 22.7 Å². The number of rotatable bonds is 4. The Balaban J connectivity index is 1.60. The summed E-state index contributed by atoms with van der Waals surface area (Å²) < 4.78 is 4.83. The number of thiocarbonyl (C=S) groups is 1. The number of aromatic nitrogens is 1. The van der Waals surface area contributed by atoms with Gasteiger partial charge in [-0.3, -0.25) is 24.4 Å². The van der Waals surface area contributed by atoms with E-state index in [9.17, 15) is 9.59 Å². The second kappa shape index (κ2) is 8.65. The number of nitrogens with zero attached hydrogens (tertiary/aromatic N) is 4. The van der Waals surface area contributed by atoms with Gasteiger partial charge < -0.3 is 9.64 Å². The zero-order valence-corrected chi connectivity index (χ0v) is 22.4. The molecule has 3 aliphatic heterocycles. The summed E-state index contributed by atoms with van der Waals surface area (Å²) in [5, 5.41) is 0. The number of fused-ring (bicyclic) bond motifs is 3. The fourth-order valence-electron chi connectivity index (χ4n) is 6.29. The monoisotopic (exact) mass is 530 g/mol. The normalized spacial score (nSPS) is 27.1. The van der Waals surface area contributed by atoms with Crippen LogP contribution in [0.15, 0.2) is 73.1 Å². The van der Waals surface area contributed by atoms with E-state index in [1.807, 2.05) is 72.6 Å². The van der Waals surface area contributed by atoms with E-state index in [4.69, 9.17) is 17.0 Å². The van der Waals surface area contributed by atoms with Crippen molar-refractivity contribution in [2.75, 3.05) is 32.6 Å². The Morgan fingerprint density at radius 1 is 1.08 bits per heavy atom. The highest BCUT2D eigenvalue weighted by Gasteiger charge is 2.78. The van der Waals surface area contributed by atoms with Crippen molar-refractivity contribution < 1.29 is 14.3 Å². The predicted octanol–water partition coefficient (Wildman–Crippen LogP) is 3.79. The molecule has 2 aromatic carbocycles. The number of methoxy groups -OCH3 is 1. The van der Waals surface area contributed by atoms with Crippen LogP contribution < -0.4 is 9.64 Å². The maximum atomic E-state index is 14.8. The van der Waals surface area contributed by atoms with E-state index in [2.05, 4.69) is 4.98 Å². The zero-order valence-electron chi connectivity index (χ0n) is 20.7. The summed E-state index contributed by atoms with van der Waals surface area (Å²) in [6.07, 6.45) is 3.51. The minimum absolute atomic E-state index is 0.144. The van der Waals surface area contributed by atoms with Crippen molar-refractivity contribution in [1.29, 1.82) is 0 Å². The Morgan fingerprint density at radius 2 is 1.86 bits per heavy atom.